The molecule has 0 saturated carbocycles. The second-order valence-electron chi connectivity index (χ2n) is 5.11. The van der Waals surface area contributed by atoms with Crippen molar-refractivity contribution in [1.29, 1.82) is 0 Å². The standard InChI is InChI=1S/C15H17N7O2S.ClH/c1-9-5-3-4-6-10(9)22-12(7-16)19-20-15(22)25-8-11-18-14(24-21-11)13(23)17-2;/h3-6H,7-8,16H2,1-2H3,(H,17,23);1H. The van der Waals surface area contributed by atoms with E-state index in [0.29, 0.717) is 22.6 Å². The molecule has 2 heterocycles. The molecule has 0 aliphatic heterocycles. The van der Waals surface area contributed by atoms with E-state index in [0.717, 1.165) is 11.3 Å². The SMILES string of the molecule is CNC(=O)c1nc(CSc2nnc(CN)n2-c2ccccc2C)no1.Cl. The summed E-state index contributed by atoms with van der Waals surface area (Å²) in [6, 6.07) is 7.92. The van der Waals surface area contributed by atoms with Gasteiger partial charge >= 0.3 is 11.8 Å². The Bertz CT molecular complexity index is 896. The van der Waals surface area contributed by atoms with E-state index < -0.39 is 5.91 Å². The van der Waals surface area contributed by atoms with E-state index in [2.05, 4.69) is 25.7 Å². The Morgan fingerprint density at radius 1 is 1.35 bits per heavy atom. The van der Waals surface area contributed by atoms with Gasteiger partial charge in [0.1, 0.15) is 0 Å². The Balaban J connectivity index is 0.00000243. The molecule has 0 atom stereocenters. The second kappa shape index (κ2) is 8.79. The zero-order valence-corrected chi connectivity index (χ0v) is 15.8. The first-order valence-electron chi connectivity index (χ1n) is 7.52. The van der Waals surface area contributed by atoms with Gasteiger partial charge in [0, 0.05) is 7.05 Å². The highest BCUT2D eigenvalue weighted by atomic mass is 35.5. The number of carbonyl (C=O) groups is 1. The molecule has 0 unspecified atom stereocenters. The lowest BCUT2D eigenvalue weighted by Crippen LogP contribution is -2.18. The lowest BCUT2D eigenvalue weighted by Gasteiger charge is -2.11. The van der Waals surface area contributed by atoms with Crippen molar-refractivity contribution in [3.63, 3.8) is 0 Å². The average molecular weight is 396 g/mol. The van der Waals surface area contributed by atoms with Crippen molar-refractivity contribution in [3.05, 3.63) is 47.4 Å². The Kier molecular flexibility index (Phi) is 6.72. The number of nitrogens with zero attached hydrogens (tertiary/aromatic N) is 5. The number of aryl methyl sites for hydroxylation is 1. The number of aromatic nitrogens is 5. The van der Waals surface area contributed by atoms with E-state index >= 15 is 0 Å². The number of benzene rings is 1. The number of hydrogen-bond donors (Lipinski definition) is 2. The largest absolute Gasteiger partial charge is 0.351 e. The number of nitrogens with two attached hydrogens (primary N) is 1. The Morgan fingerprint density at radius 3 is 2.81 bits per heavy atom. The summed E-state index contributed by atoms with van der Waals surface area (Å²) in [4.78, 5) is 15.5. The fourth-order valence-corrected chi connectivity index (χ4v) is 3.03. The van der Waals surface area contributed by atoms with Crippen molar-refractivity contribution < 1.29 is 9.32 Å². The number of halogens is 1. The Hall–Kier alpha value is -2.43. The van der Waals surface area contributed by atoms with Gasteiger partial charge in [-0.1, -0.05) is 35.1 Å². The zero-order valence-electron chi connectivity index (χ0n) is 14.2. The van der Waals surface area contributed by atoms with Gasteiger partial charge < -0.3 is 15.6 Å². The van der Waals surface area contributed by atoms with Gasteiger partial charge in [-0.05, 0) is 18.6 Å². The molecule has 0 radical (unpaired) electrons. The highest BCUT2D eigenvalue weighted by Crippen LogP contribution is 2.26. The molecular formula is C15H18ClN7O2S. The highest BCUT2D eigenvalue weighted by molar-refractivity contribution is 7.98. The molecule has 9 nitrogen and oxygen atoms in total. The number of carbonyl (C=O) groups excluding carboxylic acids is 1. The highest BCUT2D eigenvalue weighted by Gasteiger charge is 2.17. The van der Waals surface area contributed by atoms with Gasteiger partial charge in [0.25, 0.3) is 0 Å². The first kappa shape index (κ1) is 19.9. The maximum absolute atomic E-state index is 11.5. The minimum Gasteiger partial charge on any atom is -0.351 e. The van der Waals surface area contributed by atoms with Crippen LogP contribution in [0.1, 0.15) is 27.9 Å². The molecule has 11 heteroatoms. The van der Waals surface area contributed by atoms with Crippen molar-refractivity contribution in [2.75, 3.05) is 7.05 Å². The molecule has 138 valence electrons. The molecule has 0 spiro atoms. The Morgan fingerprint density at radius 2 is 2.12 bits per heavy atom. The van der Waals surface area contributed by atoms with Crippen molar-refractivity contribution in [1.82, 2.24) is 30.2 Å². The summed E-state index contributed by atoms with van der Waals surface area (Å²) >= 11 is 1.39. The van der Waals surface area contributed by atoms with Crippen molar-refractivity contribution in [3.8, 4) is 5.69 Å². The number of nitrogens with one attached hydrogen (secondary N) is 1. The number of rotatable bonds is 6. The molecule has 0 fully saturated rings. The molecule has 1 amide bonds. The molecule has 1 aromatic carbocycles. The maximum Gasteiger partial charge on any atom is 0.315 e. The topological polar surface area (TPSA) is 125 Å². The lowest BCUT2D eigenvalue weighted by atomic mass is 10.2. The third kappa shape index (κ3) is 4.03. The molecule has 3 aromatic rings. The van der Waals surface area contributed by atoms with Crippen LogP contribution in [0, 0.1) is 6.92 Å². The maximum atomic E-state index is 11.5. The van der Waals surface area contributed by atoms with E-state index in [9.17, 15) is 4.79 Å². The summed E-state index contributed by atoms with van der Waals surface area (Å²) in [6.07, 6.45) is 0. The second-order valence-corrected chi connectivity index (χ2v) is 6.05. The summed E-state index contributed by atoms with van der Waals surface area (Å²) in [5.41, 5.74) is 7.84. The van der Waals surface area contributed by atoms with Crippen molar-refractivity contribution >= 4 is 30.1 Å². The number of thioether (sulfide) groups is 1. The third-order valence-electron chi connectivity index (χ3n) is 3.46. The molecular weight excluding hydrogens is 378 g/mol. The quantitative estimate of drug-likeness (QED) is 0.601. The molecule has 0 bridgehead atoms. The Labute approximate surface area is 160 Å². The number of amides is 1. The van der Waals surface area contributed by atoms with Crippen LogP contribution in [0.3, 0.4) is 0 Å². The predicted octanol–water partition coefficient (Wildman–Crippen LogP) is 1.49. The van der Waals surface area contributed by atoms with Crippen LogP contribution in [0.5, 0.6) is 0 Å². The van der Waals surface area contributed by atoms with Crippen LogP contribution in [0.15, 0.2) is 33.9 Å². The van der Waals surface area contributed by atoms with Crippen LogP contribution in [-0.2, 0) is 12.3 Å². The van der Waals surface area contributed by atoms with E-state index in [-0.39, 0.29) is 24.8 Å². The average Bonchev–Trinajstić information content (AvgIpc) is 3.26. The van der Waals surface area contributed by atoms with Gasteiger partial charge in [-0.3, -0.25) is 9.36 Å². The molecule has 0 aliphatic carbocycles. The molecule has 3 rings (SSSR count). The van der Waals surface area contributed by atoms with Crippen molar-refractivity contribution in [2.45, 2.75) is 24.4 Å². The minimum atomic E-state index is -0.419. The molecule has 3 N–H and O–H groups in total. The number of para-hydroxylation sites is 1. The van der Waals surface area contributed by atoms with Gasteiger partial charge in [-0.15, -0.1) is 22.6 Å². The van der Waals surface area contributed by atoms with E-state index in [1.807, 2.05) is 35.8 Å². The molecule has 2 aromatic heterocycles. The predicted molar refractivity (Wildman–Crippen MR) is 98.5 cm³/mol. The fourth-order valence-electron chi connectivity index (χ4n) is 2.22. The van der Waals surface area contributed by atoms with Crippen LogP contribution in [-0.4, -0.2) is 37.9 Å². The third-order valence-corrected chi connectivity index (χ3v) is 4.38. The van der Waals surface area contributed by atoms with Gasteiger partial charge in [0.15, 0.2) is 16.8 Å². The van der Waals surface area contributed by atoms with Gasteiger partial charge in [-0.25, -0.2) is 0 Å². The summed E-state index contributed by atoms with van der Waals surface area (Å²) in [6.45, 7) is 2.28. The monoisotopic (exact) mass is 395 g/mol. The molecule has 0 saturated heterocycles. The van der Waals surface area contributed by atoms with Crippen LogP contribution in [0.4, 0.5) is 0 Å². The van der Waals surface area contributed by atoms with Gasteiger partial charge in [0.05, 0.1) is 18.0 Å². The summed E-state index contributed by atoms with van der Waals surface area (Å²) in [5, 5.41) is 15.3. The van der Waals surface area contributed by atoms with E-state index in [1.54, 1.807) is 0 Å². The summed E-state index contributed by atoms with van der Waals surface area (Å²) in [5.74, 6) is 0.960. The first-order chi connectivity index (χ1) is 12.1. The van der Waals surface area contributed by atoms with E-state index in [4.69, 9.17) is 10.3 Å². The molecule has 26 heavy (non-hydrogen) atoms. The van der Waals surface area contributed by atoms with Crippen molar-refractivity contribution in [2.24, 2.45) is 5.73 Å². The summed E-state index contributed by atoms with van der Waals surface area (Å²) in [7, 11) is 1.50. The van der Waals surface area contributed by atoms with E-state index in [1.165, 1.54) is 18.8 Å². The van der Waals surface area contributed by atoms with Gasteiger partial charge in [0.2, 0.25) is 0 Å². The molecule has 0 aliphatic rings. The van der Waals surface area contributed by atoms with Crippen LogP contribution >= 0.6 is 24.2 Å². The minimum absolute atomic E-state index is 0. The van der Waals surface area contributed by atoms with Crippen LogP contribution in [0.25, 0.3) is 5.69 Å². The summed E-state index contributed by atoms with van der Waals surface area (Å²) < 4.78 is 6.83. The smallest absolute Gasteiger partial charge is 0.315 e. The number of hydrogen-bond acceptors (Lipinski definition) is 8. The zero-order chi connectivity index (χ0) is 17.8. The fraction of sp³-hybridized carbons (Fsp3) is 0.267. The van der Waals surface area contributed by atoms with Crippen LogP contribution in [0.2, 0.25) is 0 Å². The van der Waals surface area contributed by atoms with Crippen LogP contribution < -0.4 is 11.1 Å². The lowest BCUT2D eigenvalue weighted by molar-refractivity contribution is 0.0919. The first-order valence-corrected chi connectivity index (χ1v) is 8.50. The normalized spacial score (nSPS) is 10.4. The van der Waals surface area contributed by atoms with Gasteiger partial charge in [-0.2, -0.15) is 4.98 Å².